The van der Waals surface area contributed by atoms with Crippen molar-refractivity contribution in [2.75, 3.05) is 20.1 Å². The standard InChI is InChI=1S/C17H23BrN4O2/c1-19-17(22-14-10-13-5-6-15(14)24-13)21-8-7-20-16(23)11-3-2-4-12(18)9-11/h2-4,9,13-15H,5-8,10H2,1H3,(H,20,23)(H2,19,21,22). The third kappa shape index (κ3) is 4.27. The number of hydrogen-bond donors (Lipinski definition) is 3. The molecule has 2 fully saturated rings. The second kappa shape index (κ2) is 7.98. The van der Waals surface area contributed by atoms with Gasteiger partial charge in [-0.3, -0.25) is 9.79 Å². The zero-order valence-electron chi connectivity index (χ0n) is 13.7. The summed E-state index contributed by atoms with van der Waals surface area (Å²) in [5, 5.41) is 9.55. The number of rotatable bonds is 5. The normalized spacial score (nSPS) is 25.6. The lowest BCUT2D eigenvalue weighted by Crippen LogP contribution is -2.48. The number of carbonyl (C=O) groups excluding carboxylic acids is 1. The Hall–Kier alpha value is -1.60. The number of nitrogens with zero attached hydrogens (tertiary/aromatic N) is 1. The summed E-state index contributed by atoms with van der Waals surface area (Å²) in [5.74, 6) is 0.676. The van der Waals surface area contributed by atoms with Gasteiger partial charge in [-0.2, -0.15) is 0 Å². The van der Waals surface area contributed by atoms with Crippen molar-refractivity contribution in [1.29, 1.82) is 0 Å². The Morgan fingerprint density at radius 2 is 2.17 bits per heavy atom. The minimum absolute atomic E-state index is 0.0810. The summed E-state index contributed by atoms with van der Waals surface area (Å²) in [6, 6.07) is 7.68. The Morgan fingerprint density at radius 3 is 2.83 bits per heavy atom. The fourth-order valence-corrected chi connectivity index (χ4v) is 3.65. The molecule has 3 N–H and O–H groups in total. The number of hydrogen-bond acceptors (Lipinski definition) is 3. The van der Waals surface area contributed by atoms with Gasteiger partial charge in [0, 0.05) is 30.2 Å². The van der Waals surface area contributed by atoms with Gasteiger partial charge in [0.25, 0.3) is 5.91 Å². The fourth-order valence-electron chi connectivity index (χ4n) is 3.25. The van der Waals surface area contributed by atoms with E-state index in [9.17, 15) is 4.79 Å². The monoisotopic (exact) mass is 394 g/mol. The largest absolute Gasteiger partial charge is 0.373 e. The summed E-state index contributed by atoms with van der Waals surface area (Å²) in [7, 11) is 1.75. The maximum atomic E-state index is 12.1. The van der Waals surface area contributed by atoms with E-state index in [0.29, 0.717) is 36.9 Å². The molecule has 0 radical (unpaired) electrons. The number of ether oxygens (including phenoxy) is 1. The van der Waals surface area contributed by atoms with E-state index in [2.05, 4.69) is 36.9 Å². The van der Waals surface area contributed by atoms with Gasteiger partial charge < -0.3 is 20.7 Å². The van der Waals surface area contributed by atoms with E-state index in [4.69, 9.17) is 4.74 Å². The van der Waals surface area contributed by atoms with Gasteiger partial charge in [-0.15, -0.1) is 0 Å². The number of halogens is 1. The van der Waals surface area contributed by atoms with E-state index in [1.165, 1.54) is 6.42 Å². The lowest BCUT2D eigenvalue weighted by Gasteiger charge is -2.22. The van der Waals surface area contributed by atoms with Gasteiger partial charge in [-0.1, -0.05) is 22.0 Å². The van der Waals surface area contributed by atoms with E-state index >= 15 is 0 Å². The van der Waals surface area contributed by atoms with Crippen LogP contribution in [0.15, 0.2) is 33.7 Å². The van der Waals surface area contributed by atoms with Crippen LogP contribution in [0.25, 0.3) is 0 Å². The molecule has 3 rings (SSSR count). The maximum absolute atomic E-state index is 12.1. The highest BCUT2D eigenvalue weighted by molar-refractivity contribution is 9.10. The van der Waals surface area contributed by atoms with Crippen LogP contribution in [-0.2, 0) is 4.74 Å². The van der Waals surface area contributed by atoms with Gasteiger partial charge in [0.05, 0.1) is 18.2 Å². The van der Waals surface area contributed by atoms with Crippen molar-refractivity contribution in [2.45, 2.75) is 37.5 Å². The molecule has 0 aromatic heterocycles. The van der Waals surface area contributed by atoms with E-state index < -0.39 is 0 Å². The number of guanidine groups is 1. The third-order valence-electron chi connectivity index (χ3n) is 4.44. The van der Waals surface area contributed by atoms with Gasteiger partial charge in [0.1, 0.15) is 0 Å². The van der Waals surface area contributed by atoms with E-state index in [-0.39, 0.29) is 5.91 Å². The third-order valence-corrected chi connectivity index (χ3v) is 4.93. The molecule has 130 valence electrons. The second-order valence-electron chi connectivity index (χ2n) is 6.13. The van der Waals surface area contributed by atoms with Crippen molar-refractivity contribution in [3.63, 3.8) is 0 Å². The number of amides is 1. The molecule has 7 heteroatoms. The van der Waals surface area contributed by atoms with Crippen LogP contribution in [-0.4, -0.2) is 50.3 Å². The number of nitrogens with one attached hydrogen (secondary N) is 3. The van der Waals surface area contributed by atoms with E-state index in [1.807, 2.05) is 12.1 Å². The van der Waals surface area contributed by atoms with Crippen LogP contribution in [0.4, 0.5) is 0 Å². The first-order valence-electron chi connectivity index (χ1n) is 8.32. The Morgan fingerprint density at radius 1 is 1.33 bits per heavy atom. The molecule has 1 aromatic carbocycles. The average Bonchev–Trinajstić information content (AvgIpc) is 3.20. The van der Waals surface area contributed by atoms with Crippen molar-refractivity contribution < 1.29 is 9.53 Å². The number of benzene rings is 1. The molecule has 1 amide bonds. The quantitative estimate of drug-likeness (QED) is 0.403. The van der Waals surface area contributed by atoms with Gasteiger partial charge in [0.2, 0.25) is 0 Å². The van der Waals surface area contributed by atoms with Crippen LogP contribution < -0.4 is 16.0 Å². The van der Waals surface area contributed by atoms with Gasteiger partial charge in [-0.05, 0) is 37.5 Å². The first kappa shape index (κ1) is 17.2. The lowest BCUT2D eigenvalue weighted by atomic mass is 9.96. The molecule has 0 aliphatic carbocycles. The first-order valence-corrected chi connectivity index (χ1v) is 9.11. The summed E-state index contributed by atoms with van der Waals surface area (Å²) in [6.45, 7) is 1.14. The topological polar surface area (TPSA) is 74.8 Å². The van der Waals surface area contributed by atoms with Gasteiger partial charge in [0.15, 0.2) is 5.96 Å². The van der Waals surface area contributed by atoms with Crippen molar-refractivity contribution in [2.24, 2.45) is 4.99 Å². The molecule has 1 aromatic rings. The molecule has 24 heavy (non-hydrogen) atoms. The van der Waals surface area contributed by atoms with Crippen LogP contribution in [0.2, 0.25) is 0 Å². The highest BCUT2D eigenvalue weighted by atomic mass is 79.9. The smallest absolute Gasteiger partial charge is 0.251 e. The first-order chi connectivity index (χ1) is 11.7. The predicted octanol–water partition coefficient (Wildman–Crippen LogP) is 1.66. The summed E-state index contributed by atoms with van der Waals surface area (Å²) in [4.78, 5) is 16.3. The Kier molecular flexibility index (Phi) is 5.73. The Labute approximate surface area is 150 Å². The number of fused-ring (bicyclic) bond motifs is 2. The molecule has 2 saturated heterocycles. The van der Waals surface area contributed by atoms with Crippen molar-refractivity contribution >= 4 is 27.8 Å². The molecule has 2 aliphatic heterocycles. The number of aliphatic imine (C=N–C) groups is 1. The minimum atomic E-state index is -0.0810. The number of carbonyl (C=O) groups is 1. The summed E-state index contributed by atoms with van der Waals surface area (Å²) in [5.41, 5.74) is 0.644. The van der Waals surface area contributed by atoms with Crippen LogP contribution >= 0.6 is 15.9 Å². The zero-order chi connectivity index (χ0) is 16.9. The Balaban J connectivity index is 1.38. The molecular formula is C17H23BrN4O2. The van der Waals surface area contributed by atoms with Crippen LogP contribution in [0.5, 0.6) is 0 Å². The van der Waals surface area contributed by atoms with Gasteiger partial charge >= 0.3 is 0 Å². The minimum Gasteiger partial charge on any atom is -0.373 e. The van der Waals surface area contributed by atoms with Gasteiger partial charge in [-0.25, -0.2) is 0 Å². The van der Waals surface area contributed by atoms with Crippen LogP contribution in [0.1, 0.15) is 29.6 Å². The van der Waals surface area contributed by atoms with Crippen LogP contribution in [0, 0.1) is 0 Å². The fraction of sp³-hybridized carbons (Fsp3) is 0.529. The molecule has 6 nitrogen and oxygen atoms in total. The molecule has 2 bridgehead atoms. The summed E-state index contributed by atoms with van der Waals surface area (Å²) in [6.07, 6.45) is 4.07. The molecule has 0 saturated carbocycles. The predicted molar refractivity (Wildman–Crippen MR) is 97.3 cm³/mol. The average molecular weight is 395 g/mol. The maximum Gasteiger partial charge on any atom is 0.251 e. The van der Waals surface area contributed by atoms with E-state index in [0.717, 1.165) is 23.3 Å². The molecule has 3 atom stereocenters. The van der Waals surface area contributed by atoms with Crippen LogP contribution in [0.3, 0.4) is 0 Å². The van der Waals surface area contributed by atoms with Crippen molar-refractivity contribution in [1.82, 2.24) is 16.0 Å². The summed E-state index contributed by atoms with van der Waals surface area (Å²) < 4.78 is 6.73. The second-order valence-corrected chi connectivity index (χ2v) is 7.04. The molecular weight excluding hydrogens is 372 g/mol. The lowest BCUT2D eigenvalue weighted by molar-refractivity contribution is 0.0954. The molecule has 0 spiro atoms. The molecule has 2 aliphatic rings. The van der Waals surface area contributed by atoms with E-state index in [1.54, 1.807) is 19.2 Å². The molecule has 3 unspecified atom stereocenters. The Bertz CT molecular complexity index is 622. The highest BCUT2D eigenvalue weighted by Gasteiger charge is 2.41. The SMILES string of the molecule is CN=C(NCCNC(=O)c1cccc(Br)c1)NC1CC2CCC1O2. The van der Waals surface area contributed by atoms with Crippen molar-refractivity contribution in [3.8, 4) is 0 Å². The molecule has 2 heterocycles. The summed E-state index contributed by atoms with van der Waals surface area (Å²) >= 11 is 3.37. The zero-order valence-corrected chi connectivity index (χ0v) is 15.3. The van der Waals surface area contributed by atoms with Crippen molar-refractivity contribution in [3.05, 3.63) is 34.3 Å². The highest BCUT2D eigenvalue weighted by Crippen LogP contribution is 2.34.